The van der Waals surface area contributed by atoms with Gasteiger partial charge in [-0.05, 0) is 36.6 Å². The molecule has 1 aromatic carbocycles. The summed E-state index contributed by atoms with van der Waals surface area (Å²) < 4.78 is 5.14. The minimum atomic E-state index is -0.442. The van der Waals surface area contributed by atoms with E-state index in [0.717, 1.165) is 10.4 Å². The summed E-state index contributed by atoms with van der Waals surface area (Å²) in [5, 5.41) is 5.38. The van der Waals surface area contributed by atoms with Gasteiger partial charge in [-0.2, -0.15) is 0 Å². The lowest BCUT2D eigenvalue weighted by Crippen LogP contribution is -2.07. The fourth-order valence-corrected chi connectivity index (χ4v) is 3.64. The van der Waals surface area contributed by atoms with Crippen molar-refractivity contribution in [3.63, 3.8) is 0 Å². The fraction of sp³-hybridized carbons (Fsp3) is 0.0909. The Balaban J connectivity index is 1.64. The van der Waals surface area contributed by atoms with Crippen LogP contribution >= 0.6 is 11.3 Å². The van der Waals surface area contributed by atoms with Crippen molar-refractivity contribution in [2.75, 3.05) is 11.9 Å². The van der Waals surface area contributed by atoms with Gasteiger partial charge in [-0.25, -0.2) is 14.8 Å². The standard InChI is InChI=1S/C22H18N4O3S/c1-2-29-22(28)17-12-23-21-19(17)20(24-13-25-21)14-5-3-6-15(11-14)26-18(27)9-8-16-7-4-10-30-16/h3-13H,2H2,1H3,(H,26,27)(H,23,24,25)/b9-8+. The molecule has 0 fully saturated rings. The lowest BCUT2D eigenvalue weighted by Gasteiger charge is -2.08. The number of hydrogen-bond donors (Lipinski definition) is 2. The van der Waals surface area contributed by atoms with Gasteiger partial charge in [-0.1, -0.05) is 18.2 Å². The second-order valence-corrected chi connectivity index (χ2v) is 7.27. The number of rotatable bonds is 6. The quantitative estimate of drug-likeness (QED) is 0.355. The molecule has 2 N–H and O–H groups in total. The van der Waals surface area contributed by atoms with Gasteiger partial charge >= 0.3 is 5.97 Å². The van der Waals surface area contributed by atoms with Gasteiger partial charge in [0, 0.05) is 28.4 Å². The number of amides is 1. The van der Waals surface area contributed by atoms with Crippen LogP contribution in [0.1, 0.15) is 22.2 Å². The van der Waals surface area contributed by atoms with Gasteiger partial charge in [0.1, 0.15) is 12.0 Å². The first-order chi connectivity index (χ1) is 14.7. The van der Waals surface area contributed by atoms with Crippen LogP contribution < -0.4 is 5.32 Å². The molecular weight excluding hydrogens is 400 g/mol. The molecule has 0 bridgehead atoms. The van der Waals surface area contributed by atoms with Gasteiger partial charge in [0.15, 0.2) is 0 Å². The number of aromatic amines is 1. The second kappa shape index (κ2) is 8.71. The number of carbonyl (C=O) groups excluding carboxylic acids is 2. The molecule has 8 heteroatoms. The van der Waals surface area contributed by atoms with E-state index in [9.17, 15) is 9.59 Å². The molecule has 3 heterocycles. The number of thiophene rings is 1. The van der Waals surface area contributed by atoms with Gasteiger partial charge in [0.25, 0.3) is 0 Å². The summed E-state index contributed by atoms with van der Waals surface area (Å²) in [6, 6.07) is 11.1. The normalized spacial score (nSPS) is 11.1. The average Bonchev–Trinajstić information content (AvgIpc) is 3.42. The zero-order chi connectivity index (χ0) is 20.9. The van der Waals surface area contributed by atoms with E-state index < -0.39 is 5.97 Å². The average molecular weight is 418 g/mol. The Morgan fingerprint density at radius 1 is 1.23 bits per heavy atom. The van der Waals surface area contributed by atoms with E-state index in [-0.39, 0.29) is 12.5 Å². The number of anilines is 1. The Kier molecular flexibility index (Phi) is 5.67. The zero-order valence-electron chi connectivity index (χ0n) is 16.1. The van der Waals surface area contributed by atoms with Crippen LogP contribution in [0.3, 0.4) is 0 Å². The third-order valence-electron chi connectivity index (χ3n) is 4.31. The van der Waals surface area contributed by atoms with E-state index in [2.05, 4.69) is 20.3 Å². The van der Waals surface area contributed by atoms with Crippen molar-refractivity contribution < 1.29 is 14.3 Å². The van der Waals surface area contributed by atoms with Crippen LogP contribution in [-0.2, 0) is 9.53 Å². The lowest BCUT2D eigenvalue weighted by atomic mass is 10.1. The number of esters is 1. The predicted octanol–water partition coefficient (Wildman–Crippen LogP) is 4.52. The number of H-pyrrole nitrogens is 1. The van der Waals surface area contributed by atoms with E-state index >= 15 is 0 Å². The number of aromatic nitrogens is 3. The van der Waals surface area contributed by atoms with Gasteiger partial charge in [-0.3, -0.25) is 4.79 Å². The monoisotopic (exact) mass is 418 g/mol. The topological polar surface area (TPSA) is 97.0 Å². The Hall–Kier alpha value is -3.78. The Bertz CT molecular complexity index is 1230. The highest BCUT2D eigenvalue weighted by Crippen LogP contribution is 2.30. The lowest BCUT2D eigenvalue weighted by molar-refractivity contribution is -0.111. The van der Waals surface area contributed by atoms with Gasteiger partial charge < -0.3 is 15.0 Å². The van der Waals surface area contributed by atoms with Crippen LogP contribution in [-0.4, -0.2) is 33.4 Å². The highest BCUT2D eigenvalue weighted by molar-refractivity contribution is 7.10. The maximum atomic E-state index is 12.3. The molecule has 0 spiro atoms. The summed E-state index contributed by atoms with van der Waals surface area (Å²) >= 11 is 1.56. The van der Waals surface area contributed by atoms with E-state index in [0.29, 0.717) is 28.0 Å². The minimum Gasteiger partial charge on any atom is -0.462 e. The highest BCUT2D eigenvalue weighted by atomic mass is 32.1. The van der Waals surface area contributed by atoms with Crippen molar-refractivity contribution in [3.05, 3.63) is 70.8 Å². The highest BCUT2D eigenvalue weighted by Gasteiger charge is 2.19. The smallest absolute Gasteiger partial charge is 0.340 e. The molecule has 1 amide bonds. The van der Waals surface area contributed by atoms with Crippen LogP contribution in [0, 0.1) is 0 Å². The third kappa shape index (κ3) is 4.13. The number of carbonyl (C=O) groups is 2. The third-order valence-corrected chi connectivity index (χ3v) is 5.15. The van der Waals surface area contributed by atoms with Crippen molar-refractivity contribution in [1.82, 2.24) is 15.0 Å². The van der Waals surface area contributed by atoms with Crippen molar-refractivity contribution in [1.29, 1.82) is 0 Å². The molecule has 0 atom stereocenters. The van der Waals surface area contributed by atoms with Crippen LogP contribution in [0.4, 0.5) is 5.69 Å². The molecule has 0 aliphatic heterocycles. The number of nitrogens with zero attached hydrogens (tertiary/aromatic N) is 2. The second-order valence-electron chi connectivity index (χ2n) is 6.29. The number of benzene rings is 1. The largest absolute Gasteiger partial charge is 0.462 e. The number of ether oxygens (including phenoxy) is 1. The van der Waals surface area contributed by atoms with Gasteiger partial charge in [0.2, 0.25) is 5.91 Å². The predicted molar refractivity (Wildman–Crippen MR) is 117 cm³/mol. The molecule has 0 unspecified atom stereocenters. The van der Waals surface area contributed by atoms with Crippen LogP contribution in [0.2, 0.25) is 0 Å². The molecule has 0 saturated heterocycles. The summed E-state index contributed by atoms with van der Waals surface area (Å²) in [5.41, 5.74) is 2.85. The fourth-order valence-electron chi connectivity index (χ4n) is 3.02. The van der Waals surface area contributed by atoms with Crippen LogP contribution in [0.15, 0.2) is 60.4 Å². The minimum absolute atomic E-state index is 0.234. The van der Waals surface area contributed by atoms with Crippen molar-refractivity contribution >= 4 is 46.0 Å². The first-order valence-corrected chi connectivity index (χ1v) is 10.2. The molecule has 0 radical (unpaired) electrons. The molecule has 150 valence electrons. The van der Waals surface area contributed by atoms with Gasteiger partial charge in [-0.15, -0.1) is 11.3 Å². The SMILES string of the molecule is CCOC(=O)c1c[nH]c2ncnc(-c3cccc(NC(=O)/C=C/c4cccs4)c3)c12. The Morgan fingerprint density at radius 3 is 2.93 bits per heavy atom. The molecule has 0 saturated carbocycles. The van der Waals surface area contributed by atoms with Crippen molar-refractivity contribution in [2.24, 2.45) is 0 Å². The summed E-state index contributed by atoms with van der Waals surface area (Å²) in [4.78, 5) is 37.1. The maximum Gasteiger partial charge on any atom is 0.340 e. The zero-order valence-corrected chi connectivity index (χ0v) is 16.9. The Morgan fingerprint density at radius 2 is 2.13 bits per heavy atom. The first kappa shape index (κ1) is 19.5. The summed E-state index contributed by atoms with van der Waals surface area (Å²) in [7, 11) is 0. The van der Waals surface area contributed by atoms with E-state index in [1.54, 1.807) is 42.7 Å². The first-order valence-electron chi connectivity index (χ1n) is 9.28. The maximum absolute atomic E-state index is 12.3. The van der Waals surface area contributed by atoms with E-state index in [4.69, 9.17) is 4.74 Å². The summed E-state index contributed by atoms with van der Waals surface area (Å²) in [5.74, 6) is -0.676. The number of nitrogens with one attached hydrogen (secondary N) is 2. The Labute approximate surface area is 176 Å². The van der Waals surface area contributed by atoms with Crippen LogP contribution in [0.5, 0.6) is 0 Å². The summed E-state index contributed by atoms with van der Waals surface area (Å²) in [6.07, 6.45) is 6.26. The molecule has 0 aliphatic carbocycles. The van der Waals surface area contributed by atoms with Gasteiger partial charge in [0.05, 0.1) is 23.3 Å². The molecular formula is C22H18N4O3S. The summed E-state index contributed by atoms with van der Waals surface area (Å²) in [6.45, 7) is 2.03. The number of fused-ring (bicyclic) bond motifs is 1. The molecule has 3 aromatic heterocycles. The van der Waals surface area contributed by atoms with E-state index in [1.807, 2.05) is 29.6 Å². The molecule has 0 aliphatic rings. The molecule has 30 heavy (non-hydrogen) atoms. The molecule has 7 nitrogen and oxygen atoms in total. The van der Waals surface area contributed by atoms with Crippen molar-refractivity contribution in [2.45, 2.75) is 6.92 Å². The number of hydrogen-bond acceptors (Lipinski definition) is 6. The molecule has 4 rings (SSSR count). The van der Waals surface area contributed by atoms with E-state index in [1.165, 1.54) is 12.4 Å². The molecule has 4 aromatic rings. The van der Waals surface area contributed by atoms with Crippen molar-refractivity contribution in [3.8, 4) is 11.3 Å². The van der Waals surface area contributed by atoms with Crippen LogP contribution in [0.25, 0.3) is 28.4 Å².